The smallest absolute Gasteiger partial charge is 0.254 e. The zero-order chi connectivity index (χ0) is 19.4. The molecule has 0 fully saturated rings. The van der Waals surface area contributed by atoms with Crippen molar-refractivity contribution < 1.29 is 14.3 Å². The molecule has 0 spiro atoms. The molecule has 0 unspecified atom stereocenters. The van der Waals surface area contributed by atoms with Gasteiger partial charge in [-0.15, -0.1) is 0 Å². The molecule has 0 radical (unpaired) electrons. The predicted molar refractivity (Wildman–Crippen MR) is 109 cm³/mol. The predicted octanol–water partition coefficient (Wildman–Crippen LogP) is 5.17. The van der Waals surface area contributed by atoms with E-state index in [2.05, 4.69) is 18.2 Å². The molecule has 5 heteroatoms. The number of fused-ring (bicyclic) bond motifs is 1. The summed E-state index contributed by atoms with van der Waals surface area (Å²) in [4.78, 5) is 14.6. The van der Waals surface area contributed by atoms with Crippen LogP contribution >= 0.6 is 11.6 Å². The topological polar surface area (TPSA) is 38.8 Å². The number of carbonyl (C=O) groups excluding carboxylic acids is 1. The van der Waals surface area contributed by atoms with Crippen LogP contribution in [0, 0.1) is 0 Å². The molecule has 0 aliphatic heterocycles. The molecule has 0 atom stereocenters. The Hall–Kier alpha value is -2.72. The first-order valence-corrected chi connectivity index (χ1v) is 9.15. The van der Waals surface area contributed by atoms with Crippen LogP contribution in [0.15, 0.2) is 54.6 Å². The van der Waals surface area contributed by atoms with Crippen LogP contribution in [-0.4, -0.2) is 31.6 Å². The van der Waals surface area contributed by atoms with Crippen molar-refractivity contribution in [1.29, 1.82) is 0 Å². The van der Waals surface area contributed by atoms with E-state index in [1.54, 1.807) is 24.1 Å². The van der Waals surface area contributed by atoms with Gasteiger partial charge in [0.05, 0.1) is 18.7 Å². The van der Waals surface area contributed by atoms with Gasteiger partial charge in [-0.2, -0.15) is 0 Å². The summed E-state index contributed by atoms with van der Waals surface area (Å²) in [6, 6.07) is 17.6. The lowest BCUT2D eigenvalue weighted by Crippen LogP contribution is -2.26. The van der Waals surface area contributed by atoms with Crippen molar-refractivity contribution in [1.82, 2.24) is 4.90 Å². The molecule has 0 heterocycles. The SMILES string of the molecule is CCOc1c(Cl)cc(C(=O)N(C)Cc2cccc3ccccc23)cc1OC. The summed E-state index contributed by atoms with van der Waals surface area (Å²) in [6.07, 6.45) is 0. The second-order valence-corrected chi connectivity index (χ2v) is 6.63. The van der Waals surface area contributed by atoms with Crippen LogP contribution < -0.4 is 9.47 Å². The van der Waals surface area contributed by atoms with Gasteiger partial charge in [0.1, 0.15) is 0 Å². The molecule has 4 nitrogen and oxygen atoms in total. The van der Waals surface area contributed by atoms with Crippen molar-refractivity contribution >= 4 is 28.3 Å². The highest BCUT2D eigenvalue weighted by Crippen LogP contribution is 2.36. The molecule has 0 aliphatic rings. The van der Waals surface area contributed by atoms with Gasteiger partial charge >= 0.3 is 0 Å². The molecule has 27 heavy (non-hydrogen) atoms. The number of methoxy groups -OCH3 is 1. The highest BCUT2D eigenvalue weighted by Gasteiger charge is 2.19. The molecule has 0 saturated carbocycles. The molecule has 140 valence electrons. The Morgan fingerprint density at radius 3 is 2.59 bits per heavy atom. The summed E-state index contributed by atoms with van der Waals surface area (Å²) in [5.74, 6) is 0.771. The summed E-state index contributed by atoms with van der Waals surface area (Å²) in [5, 5.41) is 2.65. The van der Waals surface area contributed by atoms with Crippen molar-refractivity contribution in [2.75, 3.05) is 20.8 Å². The molecule has 3 aromatic carbocycles. The average Bonchev–Trinajstić information content (AvgIpc) is 2.69. The van der Waals surface area contributed by atoms with Gasteiger partial charge in [-0.25, -0.2) is 0 Å². The van der Waals surface area contributed by atoms with Crippen LogP contribution in [0.1, 0.15) is 22.8 Å². The first kappa shape index (κ1) is 19.1. The van der Waals surface area contributed by atoms with E-state index in [4.69, 9.17) is 21.1 Å². The van der Waals surface area contributed by atoms with Gasteiger partial charge in [-0.3, -0.25) is 4.79 Å². The average molecular weight is 384 g/mol. The van der Waals surface area contributed by atoms with Crippen molar-refractivity contribution in [2.45, 2.75) is 13.5 Å². The fraction of sp³-hybridized carbons (Fsp3) is 0.227. The largest absolute Gasteiger partial charge is 0.493 e. The molecule has 3 aromatic rings. The standard InChI is InChI=1S/C22H22ClNO3/c1-4-27-21-19(23)12-17(13-20(21)26-3)22(25)24(2)14-16-10-7-9-15-8-5-6-11-18(15)16/h5-13H,4,14H2,1-3H3. The van der Waals surface area contributed by atoms with Crippen LogP contribution in [0.4, 0.5) is 0 Å². The monoisotopic (exact) mass is 383 g/mol. The molecular formula is C22H22ClNO3. The fourth-order valence-electron chi connectivity index (χ4n) is 3.11. The highest BCUT2D eigenvalue weighted by atomic mass is 35.5. The van der Waals surface area contributed by atoms with E-state index in [0.29, 0.717) is 35.2 Å². The van der Waals surface area contributed by atoms with Gasteiger partial charge < -0.3 is 14.4 Å². The van der Waals surface area contributed by atoms with E-state index >= 15 is 0 Å². The number of ether oxygens (including phenoxy) is 2. The summed E-state index contributed by atoms with van der Waals surface area (Å²) in [7, 11) is 3.31. The van der Waals surface area contributed by atoms with Crippen LogP contribution in [0.3, 0.4) is 0 Å². The van der Waals surface area contributed by atoms with Crippen molar-refractivity contribution in [3.63, 3.8) is 0 Å². The third-order valence-corrected chi connectivity index (χ3v) is 4.68. The van der Waals surface area contributed by atoms with Crippen LogP contribution in [0.25, 0.3) is 10.8 Å². The Labute approximate surface area is 164 Å². The van der Waals surface area contributed by atoms with Gasteiger partial charge in [0.2, 0.25) is 0 Å². The quantitative estimate of drug-likeness (QED) is 0.589. The van der Waals surface area contributed by atoms with E-state index in [-0.39, 0.29) is 5.91 Å². The zero-order valence-corrected chi connectivity index (χ0v) is 16.4. The number of hydrogen-bond acceptors (Lipinski definition) is 3. The molecule has 0 bridgehead atoms. The third-order valence-electron chi connectivity index (χ3n) is 4.40. The van der Waals surface area contributed by atoms with Gasteiger partial charge in [-0.1, -0.05) is 54.1 Å². The minimum atomic E-state index is -0.133. The first-order valence-electron chi connectivity index (χ1n) is 8.77. The third kappa shape index (κ3) is 4.01. The molecule has 0 aliphatic carbocycles. The number of benzene rings is 3. The maximum atomic E-state index is 12.9. The number of carbonyl (C=O) groups is 1. The number of hydrogen-bond donors (Lipinski definition) is 0. The van der Waals surface area contributed by atoms with Gasteiger partial charge in [0.25, 0.3) is 5.91 Å². The number of nitrogens with zero attached hydrogens (tertiary/aromatic N) is 1. The van der Waals surface area contributed by atoms with E-state index < -0.39 is 0 Å². The van der Waals surface area contributed by atoms with Crippen LogP contribution in [0.5, 0.6) is 11.5 Å². The normalized spacial score (nSPS) is 10.7. The lowest BCUT2D eigenvalue weighted by atomic mass is 10.0. The van der Waals surface area contributed by atoms with E-state index in [0.717, 1.165) is 16.3 Å². The van der Waals surface area contributed by atoms with Gasteiger partial charge in [0.15, 0.2) is 11.5 Å². The lowest BCUT2D eigenvalue weighted by molar-refractivity contribution is 0.0785. The Morgan fingerprint density at radius 2 is 1.85 bits per heavy atom. The summed E-state index contributed by atoms with van der Waals surface area (Å²) in [6.45, 7) is 2.82. The van der Waals surface area contributed by atoms with Crippen LogP contribution in [0.2, 0.25) is 5.02 Å². The Bertz CT molecular complexity index is 966. The van der Waals surface area contributed by atoms with Crippen molar-refractivity contribution in [3.8, 4) is 11.5 Å². The Balaban J connectivity index is 1.88. The van der Waals surface area contributed by atoms with E-state index in [1.165, 1.54) is 7.11 Å². The second kappa shape index (κ2) is 8.31. The van der Waals surface area contributed by atoms with Gasteiger partial charge in [0, 0.05) is 19.2 Å². The van der Waals surface area contributed by atoms with E-state index in [9.17, 15) is 4.79 Å². The van der Waals surface area contributed by atoms with Crippen LogP contribution in [-0.2, 0) is 6.54 Å². The first-order chi connectivity index (χ1) is 13.0. The Morgan fingerprint density at radius 1 is 1.11 bits per heavy atom. The second-order valence-electron chi connectivity index (χ2n) is 6.22. The van der Waals surface area contributed by atoms with Gasteiger partial charge in [-0.05, 0) is 35.4 Å². The van der Waals surface area contributed by atoms with E-state index in [1.807, 2.05) is 31.2 Å². The summed E-state index contributed by atoms with van der Waals surface area (Å²) in [5.41, 5.74) is 1.55. The number of amides is 1. The lowest BCUT2D eigenvalue weighted by Gasteiger charge is -2.20. The number of halogens is 1. The minimum absolute atomic E-state index is 0.133. The zero-order valence-electron chi connectivity index (χ0n) is 15.7. The van der Waals surface area contributed by atoms with Crippen molar-refractivity contribution in [2.24, 2.45) is 0 Å². The van der Waals surface area contributed by atoms with Crippen molar-refractivity contribution in [3.05, 3.63) is 70.7 Å². The molecular weight excluding hydrogens is 362 g/mol. The fourth-order valence-corrected chi connectivity index (χ4v) is 3.37. The summed E-state index contributed by atoms with van der Waals surface area (Å²) < 4.78 is 10.9. The maximum absolute atomic E-state index is 12.9. The molecule has 0 N–H and O–H groups in total. The highest BCUT2D eigenvalue weighted by molar-refractivity contribution is 6.32. The molecule has 1 amide bonds. The molecule has 3 rings (SSSR count). The summed E-state index contributed by atoms with van der Waals surface area (Å²) >= 11 is 6.30. The Kier molecular flexibility index (Phi) is 5.87. The molecule has 0 aromatic heterocycles. The number of rotatable bonds is 6. The molecule has 0 saturated heterocycles. The minimum Gasteiger partial charge on any atom is -0.493 e. The maximum Gasteiger partial charge on any atom is 0.254 e.